The summed E-state index contributed by atoms with van der Waals surface area (Å²) in [5.41, 5.74) is 0. The van der Waals surface area contributed by atoms with Crippen LogP contribution in [0.1, 0.15) is 0 Å². The number of fused-ring (bicyclic) bond motifs is 1. The van der Waals surface area contributed by atoms with E-state index in [2.05, 4.69) is 10.2 Å². The molecule has 0 aliphatic carbocycles. The summed E-state index contributed by atoms with van der Waals surface area (Å²) in [6, 6.07) is 1.88. The van der Waals surface area contributed by atoms with Gasteiger partial charge in [-0.3, -0.25) is 0 Å². The largest absolute Gasteiger partial charge is 0.169 e. The first-order chi connectivity index (χ1) is 5.29. The zero-order chi connectivity index (χ0) is 7.84. The highest BCUT2D eigenvalue weighted by molar-refractivity contribution is 7.17. The lowest BCUT2D eigenvalue weighted by molar-refractivity contribution is 1.05. The van der Waals surface area contributed by atoms with Crippen molar-refractivity contribution in [1.29, 1.82) is 0 Å². The molecule has 0 aliphatic rings. The molecule has 0 fully saturated rings. The topological polar surface area (TPSA) is 25.8 Å². The van der Waals surface area contributed by atoms with Crippen LogP contribution in [-0.4, -0.2) is 10.2 Å². The normalized spacial score (nSPS) is 10.7. The Morgan fingerprint density at radius 1 is 1.18 bits per heavy atom. The zero-order valence-electron chi connectivity index (χ0n) is 5.21. The van der Waals surface area contributed by atoms with Crippen molar-refractivity contribution in [1.82, 2.24) is 10.2 Å². The third-order valence-electron chi connectivity index (χ3n) is 1.30. The Morgan fingerprint density at radius 3 is 2.64 bits per heavy atom. The fourth-order valence-electron chi connectivity index (χ4n) is 0.819. The smallest absolute Gasteiger partial charge is 0.140 e. The highest BCUT2D eigenvalue weighted by Crippen LogP contribution is 2.29. The molecule has 0 bridgehead atoms. The van der Waals surface area contributed by atoms with Crippen molar-refractivity contribution in [2.45, 2.75) is 0 Å². The minimum Gasteiger partial charge on any atom is -0.140 e. The second-order valence-corrected chi connectivity index (χ2v) is 3.58. The summed E-state index contributed by atoms with van der Waals surface area (Å²) in [6.07, 6.45) is 0. The van der Waals surface area contributed by atoms with E-state index in [4.69, 9.17) is 23.2 Å². The van der Waals surface area contributed by atoms with E-state index in [9.17, 15) is 0 Å². The van der Waals surface area contributed by atoms with Gasteiger partial charge in [0.05, 0.1) is 4.70 Å². The third kappa shape index (κ3) is 1.09. The number of nitrogens with zero attached hydrogens (tertiary/aromatic N) is 2. The number of halogens is 2. The van der Waals surface area contributed by atoms with Crippen molar-refractivity contribution in [3.8, 4) is 0 Å². The van der Waals surface area contributed by atoms with Crippen LogP contribution in [0.25, 0.3) is 10.1 Å². The Kier molecular flexibility index (Phi) is 1.71. The van der Waals surface area contributed by atoms with Crippen LogP contribution in [0.15, 0.2) is 11.4 Å². The SMILES string of the molecule is Clc1nnc(Cl)c2sccc12. The maximum Gasteiger partial charge on any atom is 0.169 e. The van der Waals surface area contributed by atoms with Crippen LogP contribution in [0.2, 0.25) is 10.3 Å². The van der Waals surface area contributed by atoms with Gasteiger partial charge in [0.25, 0.3) is 0 Å². The minimum absolute atomic E-state index is 0.408. The molecule has 0 atom stereocenters. The Bertz CT molecular complexity index is 362. The van der Waals surface area contributed by atoms with Crippen LogP contribution in [0, 0.1) is 0 Å². The molecule has 2 rings (SSSR count). The molecule has 56 valence electrons. The number of hydrogen-bond donors (Lipinski definition) is 0. The fourth-order valence-corrected chi connectivity index (χ4v) is 2.11. The summed E-state index contributed by atoms with van der Waals surface area (Å²) < 4.78 is 0.895. The number of aromatic nitrogens is 2. The van der Waals surface area contributed by atoms with Crippen LogP contribution in [0.5, 0.6) is 0 Å². The van der Waals surface area contributed by atoms with E-state index in [1.54, 1.807) is 0 Å². The minimum atomic E-state index is 0.408. The summed E-state index contributed by atoms with van der Waals surface area (Å²) in [5.74, 6) is 0. The maximum absolute atomic E-state index is 5.75. The van der Waals surface area contributed by atoms with Crippen LogP contribution >= 0.6 is 34.5 Å². The molecule has 0 amide bonds. The Morgan fingerprint density at radius 2 is 1.91 bits per heavy atom. The fraction of sp³-hybridized carbons (Fsp3) is 0. The number of hydrogen-bond acceptors (Lipinski definition) is 3. The van der Waals surface area contributed by atoms with Gasteiger partial charge in [-0.2, -0.15) is 0 Å². The molecule has 0 saturated carbocycles. The van der Waals surface area contributed by atoms with Crippen molar-refractivity contribution in [3.05, 3.63) is 21.8 Å². The quantitative estimate of drug-likeness (QED) is 0.660. The van der Waals surface area contributed by atoms with E-state index in [1.807, 2.05) is 11.4 Å². The summed E-state index contributed by atoms with van der Waals surface area (Å²) in [6.45, 7) is 0. The average Bonchev–Trinajstić information content (AvgIpc) is 2.45. The molecule has 5 heteroatoms. The van der Waals surface area contributed by atoms with Gasteiger partial charge in [-0.15, -0.1) is 21.5 Å². The Hall–Kier alpha value is -0.380. The number of rotatable bonds is 0. The predicted molar refractivity (Wildman–Crippen MR) is 47.4 cm³/mol. The summed E-state index contributed by atoms with van der Waals surface area (Å²) in [7, 11) is 0. The first-order valence-electron chi connectivity index (χ1n) is 2.84. The second-order valence-electron chi connectivity index (χ2n) is 1.95. The molecule has 2 aromatic heterocycles. The molecule has 0 unspecified atom stereocenters. The summed E-state index contributed by atoms with van der Waals surface area (Å²) in [4.78, 5) is 0. The van der Waals surface area contributed by atoms with Crippen molar-refractivity contribution < 1.29 is 0 Å². The van der Waals surface area contributed by atoms with E-state index in [0.29, 0.717) is 10.3 Å². The van der Waals surface area contributed by atoms with Gasteiger partial charge in [0.2, 0.25) is 0 Å². The van der Waals surface area contributed by atoms with Gasteiger partial charge in [-0.05, 0) is 11.4 Å². The lowest BCUT2D eigenvalue weighted by Gasteiger charge is -1.91. The lowest BCUT2D eigenvalue weighted by Crippen LogP contribution is -1.81. The third-order valence-corrected chi connectivity index (χ3v) is 2.88. The molecular formula is C6H2Cl2N2S. The van der Waals surface area contributed by atoms with E-state index in [1.165, 1.54) is 11.3 Å². The standard InChI is InChI=1S/C6H2Cl2N2S/c7-5-3-1-2-11-4(3)6(8)10-9-5/h1-2H. The van der Waals surface area contributed by atoms with E-state index < -0.39 is 0 Å². The Labute approximate surface area is 76.8 Å². The van der Waals surface area contributed by atoms with Crippen LogP contribution in [-0.2, 0) is 0 Å². The van der Waals surface area contributed by atoms with E-state index in [-0.39, 0.29) is 0 Å². The Balaban J connectivity index is 2.96. The van der Waals surface area contributed by atoms with Gasteiger partial charge < -0.3 is 0 Å². The van der Waals surface area contributed by atoms with Crippen LogP contribution < -0.4 is 0 Å². The monoisotopic (exact) mass is 204 g/mol. The van der Waals surface area contributed by atoms with Gasteiger partial charge in [-0.25, -0.2) is 0 Å². The molecule has 0 aromatic carbocycles. The molecule has 0 aliphatic heterocycles. The summed E-state index contributed by atoms with van der Waals surface area (Å²) >= 11 is 13.0. The molecule has 0 saturated heterocycles. The molecule has 0 radical (unpaired) electrons. The van der Waals surface area contributed by atoms with Gasteiger partial charge in [-0.1, -0.05) is 23.2 Å². The molecular weight excluding hydrogens is 203 g/mol. The average molecular weight is 205 g/mol. The molecule has 2 aromatic rings. The van der Waals surface area contributed by atoms with Crippen molar-refractivity contribution in [3.63, 3.8) is 0 Å². The van der Waals surface area contributed by atoms with Crippen LogP contribution in [0.4, 0.5) is 0 Å². The van der Waals surface area contributed by atoms with Gasteiger partial charge in [0.1, 0.15) is 0 Å². The maximum atomic E-state index is 5.75. The highest BCUT2D eigenvalue weighted by atomic mass is 35.5. The van der Waals surface area contributed by atoms with E-state index in [0.717, 1.165) is 10.1 Å². The lowest BCUT2D eigenvalue weighted by atomic mass is 10.4. The zero-order valence-corrected chi connectivity index (χ0v) is 7.54. The van der Waals surface area contributed by atoms with Gasteiger partial charge in [0, 0.05) is 5.39 Å². The first kappa shape index (κ1) is 7.28. The summed E-state index contributed by atoms with van der Waals surface area (Å²) in [5, 5.41) is 10.9. The second kappa shape index (κ2) is 2.59. The highest BCUT2D eigenvalue weighted by Gasteiger charge is 2.05. The molecule has 0 N–H and O–H groups in total. The molecule has 2 heterocycles. The van der Waals surface area contributed by atoms with Crippen LogP contribution in [0.3, 0.4) is 0 Å². The number of thiophene rings is 1. The molecule has 0 spiro atoms. The van der Waals surface area contributed by atoms with Crippen molar-refractivity contribution >= 4 is 44.6 Å². The van der Waals surface area contributed by atoms with Gasteiger partial charge in [0.15, 0.2) is 10.3 Å². The van der Waals surface area contributed by atoms with Gasteiger partial charge >= 0.3 is 0 Å². The van der Waals surface area contributed by atoms with E-state index >= 15 is 0 Å². The molecule has 11 heavy (non-hydrogen) atoms. The van der Waals surface area contributed by atoms with Crippen molar-refractivity contribution in [2.24, 2.45) is 0 Å². The first-order valence-corrected chi connectivity index (χ1v) is 4.47. The molecule has 2 nitrogen and oxygen atoms in total. The predicted octanol–water partition coefficient (Wildman–Crippen LogP) is 3.00. The van der Waals surface area contributed by atoms with Crippen molar-refractivity contribution in [2.75, 3.05) is 0 Å².